The van der Waals surface area contributed by atoms with E-state index in [1.807, 2.05) is 24.3 Å². The van der Waals surface area contributed by atoms with Crippen molar-refractivity contribution in [2.24, 2.45) is 5.92 Å². The number of para-hydroxylation sites is 1. The number of hydrogen-bond donors (Lipinski definition) is 3. The largest absolute Gasteiger partial charge is 0.325 e. The summed E-state index contributed by atoms with van der Waals surface area (Å²) in [4.78, 5) is 17.0. The van der Waals surface area contributed by atoms with E-state index in [1.165, 1.54) is 0 Å². The Hall–Kier alpha value is -1.92. The van der Waals surface area contributed by atoms with E-state index in [-0.39, 0.29) is 30.2 Å². The number of anilines is 1. The van der Waals surface area contributed by atoms with Crippen molar-refractivity contribution in [2.45, 2.75) is 32.6 Å². The number of nitrogens with zero attached hydrogens (tertiary/aromatic N) is 2. The molecule has 1 amide bonds. The molecule has 0 radical (unpaired) electrons. The van der Waals surface area contributed by atoms with Gasteiger partial charge in [0.05, 0.1) is 11.6 Å². The fourth-order valence-corrected chi connectivity index (χ4v) is 2.75. The Labute approximate surface area is 148 Å². The summed E-state index contributed by atoms with van der Waals surface area (Å²) in [5.74, 6) is 1.83. The average molecular weight is 350 g/mol. The summed E-state index contributed by atoms with van der Waals surface area (Å²) >= 11 is 0. The van der Waals surface area contributed by atoms with Crippen molar-refractivity contribution >= 4 is 24.0 Å². The normalized spacial score (nSPS) is 17.4. The molecule has 2 heterocycles. The van der Waals surface area contributed by atoms with Crippen molar-refractivity contribution in [3.8, 4) is 11.4 Å². The van der Waals surface area contributed by atoms with E-state index in [0.29, 0.717) is 5.82 Å². The van der Waals surface area contributed by atoms with Gasteiger partial charge < -0.3 is 10.6 Å². The lowest BCUT2D eigenvalue weighted by atomic mass is 9.98. The molecule has 1 fully saturated rings. The number of H-pyrrole nitrogens is 1. The van der Waals surface area contributed by atoms with E-state index in [9.17, 15) is 4.79 Å². The van der Waals surface area contributed by atoms with Crippen molar-refractivity contribution in [3.05, 3.63) is 30.1 Å². The van der Waals surface area contributed by atoms with E-state index < -0.39 is 0 Å². The van der Waals surface area contributed by atoms with Gasteiger partial charge in [-0.2, -0.15) is 5.10 Å². The maximum atomic E-state index is 12.5. The highest BCUT2D eigenvalue weighted by Crippen LogP contribution is 2.26. The van der Waals surface area contributed by atoms with Crippen LogP contribution in [0.4, 0.5) is 5.69 Å². The zero-order valence-corrected chi connectivity index (χ0v) is 14.8. The summed E-state index contributed by atoms with van der Waals surface area (Å²) in [6.45, 7) is 5.86. The van der Waals surface area contributed by atoms with Crippen LogP contribution in [-0.4, -0.2) is 34.2 Å². The molecule has 3 rings (SSSR count). The predicted octanol–water partition coefficient (Wildman–Crippen LogP) is 2.96. The summed E-state index contributed by atoms with van der Waals surface area (Å²) in [5.41, 5.74) is 1.60. The minimum atomic E-state index is 0. The number of nitrogens with one attached hydrogen (secondary N) is 3. The Morgan fingerprint density at radius 1 is 1.33 bits per heavy atom. The van der Waals surface area contributed by atoms with Gasteiger partial charge in [0.15, 0.2) is 5.82 Å². The first-order valence-corrected chi connectivity index (χ1v) is 8.18. The highest BCUT2D eigenvalue weighted by Gasteiger charge is 2.22. The first-order chi connectivity index (χ1) is 11.1. The van der Waals surface area contributed by atoms with Crippen LogP contribution in [0, 0.1) is 5.92 Å². The maximum Gasteiger partial charge on any atom is 0.228 e. The van der Waals surface area contributed by atoms with Gasteiger partial charge >= 0.3 is 0 Å². The smallest absolute Gasteiger partial charge is 0.228 e. The quantitative estimate of drug-likeness (QED) is 0.792. The number of piperidine rings is 1. The third kappa shape index (κ3) is 4.13. The standard InChI is InChI=1S/C17H23N5O.ClH/c1-11(2)15-20-16(22-21-15)13-7-3-4-8-14(13)19-17(23)12-6-5-9-18-10-12;/h3-4,7-8,11-12,18H,5-6,9-10H2,1-2H3,(H,19,23)(H,20,21,22);1H. The molecule has 1 unspecified atom stereocenters. The number of aromatic amines is 1. The maximum absolute atomic E-state index is 12.5. The molecule has 1 saturated heterocycles. The third-order valence-corrected chi connectivity index (χ3v) is 4.14. The summed E-state index contributed by atoms with van der Waals surface area (Å²) in [6, 6.07) is 7.67. The zero-order valence-electron chi connectivity index (χ0n) is 14.0. The molecule has 1 atom stereocenters. The van der Waals surface area contributed by atoms with Crippen LogP contribution in [-0.2, 0) is 4.79 Å². The molecule has 24 heavy (non-hydrogen) atoms. The highest BCUT2D eigenvalue weighted by molar-refractivity contribution is 5.96. The van der Waals surface area contributed by atoms with Crippen LogP contribution in [0.3, 0.4) is 0 Å². The summed E-state index contributed by atoms with van der Waals surface area (Å²) in [7, 11) is 0. The second-order valence-electron chi connectivity index (χ2n) is 6.28. The molecule has 1 aromatic carbocycles. The Morgan fingerprint density at radius 2 is 2.12 bits per heavy atom. The zero-order chi connectivity index (χ0) is 16.2. The van der Waals surface area contributed by atoms with Gasteiger partial charge in [0.2, 0.25) is 5.91 Å². The lowest BCUT2D eigenvalue weighted by Crippen LogP contribution is -2.37. The molecule has 7 heteroatoms. The number of benzene rings is 1. The topological polar surface area (TPSA) is 82.7 Å². The van der Waals surface area contributed by atoms with Crippen LogP contribution in [0.25, 0.3) is 11.4 Å². The predicted molar refractivity (Wildman–Crippen MR) is 97.4 cm³/mol. The van der Waals surface area contributed by atoms with Gasteiger partial charge in [0, 0.05) is 18.0 Å². The van der Waals surface area contributed by atoms with Crippen molar-refractivity contribution in [2.75, 3.05) is 18.4 Å². The molecule has 1 aliphatic rings. The molecule has 130 valence electrons. The first kappa shape index (κ1) is 18.4. The fraction of sp³-hybridized carbons (Fsp3) is 0.471. The van der Waals surface area contributed by atoms with Gasteiger partial charge in [-0.15, -0.1) is 12.4 Å². The third-order valence-electron chi connectivity index (χ3n) is 4.14. The fourth-order valence-electron chi connectivity index (χ4n) is 2.75. The lowest BCUT2D eigenvalue weighted by molar-refractivity contribution is -0.120. The van der Waals surface area contributed by atoms with Crippen molar-refractivity contribution in [3.63, 3.8) is 0 Å². The van der Waals surface area contributed by atoms with Crippen molar-refractivity contribution in [1.29, 1.82) is 0 Å². The van der Waals surface area contributed by atoms with E-state index in [1.54, 1.807) is 0 Å². The minimum absolute atomic E-state index is 0. The molecule has 3 N–H and O–H groups in total. The Balaban J connectivity index is 0.00000208. The molecule has 0 aliphatic carbocycles. The average Bonchev–Trinajstić information content (AvgIpc) is 3.06. The number of carbonyl (C=O) groups is 1. The van der Waals surface area contributed by atoms with Gasteiger partial charge in [-0.3, -0.25) is 9.89 Å². The van der Waals surface area contributed by atoms with Gasteiger partial charge in [-0.25, -0.2) is 4.98 Å². The molecule has 1 aliphatic heterocycles. The summed E-state index contributed by atoms with van der Waals surface area (Å²) < 4.78 is 0. The van der Waals surface area contributed by atoms with Crippen molar-refractivity contribution < 1.29 is 4.79 Å². The molecule has 2 aromatic rings. The lowest BCUT2D eigenvalue weighted by Gasteiger charge is -2.22. The number of halogens is 1. The van der Waals surface area contributed by atoms with E-state index in [0.717, 1.165) is 43.0 Å². The van der Waals surface area contributed by atoms with Crippen LogP contribution in [0.5, 0.6) is 0 Å². The number of aromatic nitrogens is 3. The molecule has 0 bridgehead atoms. The number of hydrogen-bond acceptors (Lipinski definition) is 4. The Kier molecular flexibility index (Phi) is 6.34. The number of rotatable bonds is 4. The molecule has 0 saturated carbocycles. The highest BCUT2D eigenvalue weighted by atomic mass is 35.5. The first-order valence-electron chi connectivity index (χ1n) is 8.18. The molecular weight excluding hydrogens is 326 g/mol. The summed E-state index contributed by atoms with van der Waals surface area (Å²) in [6.07, 6.45) is 1.97. The Morgan fingerprint density at radius 3 is 2.79 bits per heavy atom. The minimum Gasteiger partial charge on any atom is -0.325 e. The van der Waals surface area contributed by atoms with Gasteiger partial charge in [-0.1, -0.05) is 26.0 Å². The monoisotopic (exact) mass is 349 g/mol. The number of amides is 1. The van der Waals surface area contributed by atoms with E-state index in [4.69, 9.17) is 0 Å². The van der Waals surface area contributed by atoms with Crippen LogP contribution in [0.2, 0.25) is 0 Å². The second kappa shape index (κ2) is 8.26. The molecular formula is C17H24ClN5O. The molecule has 0 spiro atoms. The second-order valence-corrected chi connectivity index (χ2v) is 6.28. The van der Waals surface area contributed by atoms with Gasteiger partial charge in [0.1, 0.15) is 5.82 Å². The van der Waals surface area contributed by atoms with Gasteiger partial charge in [-0.05, 0) is 31.5 Å². The van der Waals surface area contributed by atoms with Crippen molar-refractivity contribution in [1.82, 2.24) is 20.5 Å². The molecule has 1 aromatic heterocycles. The van der Waals surface area contributed by atoms with Crippen LogP contribution in [0.15, 0.2) is 24.3 Å². The van der Waals surface area contributed by atoms with E-state index in [2.05, 4.69) is 39.7 Å². The van der Waals surface area contributed by atoms with Crippen LogP contribution < -0.4 is 10.6 Å². The van der Waals surface area contributed by atoms with E-state index >= 15 is 0 Å². The summed E-state index contributed by atoms with van der Waals surface area (Å²) in [5, 5.41) is 13.6. The number of carbonyl (C=O) groups excluding carboxylic acids is 1. The van der Waals surface area contributed by atoms with Gasteiger partial charge in [0.25, 0.3) is 0 Å². The van der Waals surface area contributed by atoms with Crippen LogP contribution >= 0.6 is 12.4 Å². The Bertz CT molecular complexity index is 679. The SMILES string of the molecule is CC(C)c1nc(-c2ccccc2NC(=O)C2CCCNC2)n[nH]1.Cl. The molecule has 6 nitrogen and oxygen atoms in total. The van der Waals surface area contributed by atoms with Crippen LogP contribution in [0.1, 0.15) is 38.4 Å².